The summed E-state index contributed by atoms with van der Waals surface area (Å²) in [4.78, 5) is 14.4. The molecule has 1 aromatic rings. The van der Waals surface area contributed by atoms with Crippen LogP contribution < -0.4 is 4.90 Å². The van der Waals surface area contributed by atoms with Crippen molar-refractivity contribution in [3.8, 4) is 0 Å². The van der Waals surface area contributed by atoms with Gasteiger partial charge >= 0.3 is 0 Å². The molecular formula is C15H18N2O3S. The maximum absolute atomic E-state index is 12.6. The molecule has 2 heterocycles. The van der Waals surface area contributed by atoms with Crippen molar-refractivity contribution in [1.29, 1.82) is 0 Å². The Balaban J connectivity index is 1.44. The van der Waals surface area contributed by atoms with E-state index in [0.29, 0.717) is 19.6 Å². The third-order valence-electron chi connectivity index (χ3n) is 4.66. The molecule has 112 valence electrons. The van der Waals surface area contributed by atoms with Gasteiger partial charge in [0.2, 0.25) is 15.9 Å². The lowest BCUT2D eigenvalue weighted by molar-refractivity contribution is -0.125. The molecule has 0 aromatic heterocycles. The number of fused-ring (bicyclic) bond motifs is 1. The van der Waals surface area contributed by atoms with E-state index in [1.807, 2.05) is 29.2 Å². The lowest BCUT2D eigenvalue weighted by Crippen LogP contribution is -2.57. The zero-order chi connectivity index (χ0) is 14.6. The smallest absolute Gasteiger partial charge is 0.232 e. The fourth-order valence-electron chi connectivity index (χ4n) is 3.17. The normalized spacial score (nSPS) is 23.0. The summed E-state index contributed by atoms with van der Waals surface area (Å²) < 4.78 is 25.6. The second-order valence-electron chi connectivity index (χ2n) is 6.13. The van der Waals surface area contributed by atoms with E-state index in [4.69, 9.17) is 0 Å². The Morgan fingerprint density at radius 3 is 2.57 bits per heavy atom. The highest BCUT2D eigenvalue weighted by Gasteiger charge is 2.48. The fraction of sp³-hybridized carbons (Fsp3) is 0.533. The molecule has 1 saturated carbocycles. The number of hydrogen-bond acceptors (Lipinski definition) is 3. The summed E-state index contributed by atoms with van der Waals surface area (Å²) in [7, 11) is -3.12. The lowest BCUT2D eigenvalue weighted by Gasteiger charge is -2.39. The highest BCUT2D eigenvalue weighted by molar-refractivity contribution is 7.90. The Bertz CT molecular complexity index is 691. The van der Waals surface area contributed by atoms with Crippen LogP contribution in [0.5, 0.6) is 0 Å². The minimum Gasteiger partial charge on any atom is -0.311 e. The standard InChI is InChI=1S/C15H18N2O3S/c18-15(17-8-7-11-3-1-2-4-14(11)17)12-9-16(10-12)21(19,20)13-5-6-13/h1-4,12-13H,5-10H2. The summed E-state index contributed by atoms with van der Waals surface area (Å²) in [6.07, 6.45) is 2.44. The molecule has 0 N–H and O–H groups in total. The molecule has 1 amide bonds. The van der Waals surface area contributed by atoms with Crippen LogP contribution in [-0.4, -0.2) is 43.5 Å². The van der Waals surface area contributed by atoms with Crippen molar-refractivity contribution in [3.63, 3.8) is 0 Å². The van der Waals surface area contributed by atoms with Crippen molar-refractivity contribution < 1.29 is 13.2 Å². The molecule has 6 heteroatoms. The van der Waals surface area contributed by atoms with Crippen molar-refractivity contribution in [2.75, 3.05) is 24.5 Å². The van der Waals surface area contributed by atoms with Gasteiger partial charge in [-0.3, -0.25) is 4.79 Å². The minimum atomic E-state index is -3.12. The van der Waals surface area contributed by atoms with Crippen LogP contribution in [0.2, 0.25) is 0 Å². The summed E-state index contributed by atoms with van der Waals surface area (Å²) in [5.41, 5.74) is 2.19. The van der Waals surface area contributed by atoms with Crippen molar-refractivity contribution in [2.45, 2.75) is 24.5 Å². The SMILES string of the molecule is O=C(C1CN(S(=O)(=O)C2CC2)C1)N1CCc2ccccc21. The van der Waals surface area contributed by atoms with Crippen molar-refractivity contribution in [1.82, 2.24) is 4.31 Å². The third-order valence-corrected chi connectivity index (χ3v) is 6.99. The van der Waals surface area contributed by atoms with Crippen LogP contribution >= 0.6 is 0 Å². The van der Waals surface area contributed by atoms with Crippen LogP contribution in [0.1, 0.15) is 18.4 Å². The number of benzene rings is 1. The molecule has 0 radical (unpaired) electrons. The Morgan fingerprint density at radius 2 is 1.86 bits per heavy atom. The van der Waals surface area contributed by atoms with Crippen LogP contribution in [0, 0.1) is 5.92 Å². The summed E-state index contributed by atoms with van der Waals surface area (Å²) >= 11 is 0. The third kappa shape index (κ3) is 2.08. The number of rotatable bonds is 3. The van der Waals surface area contributed by atoms with E-state index in [1.165, 1.54) is 9.87 Å². The number of anilines is 1. The molecule has 21 heavy (non-hydrogen) atoms. The van der Waals surface area contributed by atoms with E-state index in [0.717, 1.165) is 24.9 Å². The topological polar surface area (TPSA) is 57.7 Å². The van der Waals surface area contributed by atoms with Crippen LogP contribution in [-0.2, 0) is 21.2 Å². The van der Waals surface area contributed by atoms with Gasteiger partial charge in [-0.1, -0.05) is 18.2 Å². The predicted octanol–water partition coefficient (Wildman–Crippen LogP) is 1.000. The van der Waals surface area contributed by atoms with Gasteiger partial charge in [0, 0.05) is 25.3 Å². The number of amides is 1. The van der Waals surface area contributed by atoms with Gasteiger partial charge in [-0.2, -0.15) is 4.31 Å². The highest BCUT2D eigenvalue weighted by atomic mass is 32.2. The molecule has 2 fully saturated rings. The summed E-state index contributed by atoms with van der Waals surface area (Å²) in [5.74, 6) is -0.105. The van der Waals surface area contributed by atoms with Gasteiger partial charge in [-0.25, -0.2) is 8.42 Å². The molecule has 1 saturated heterocycles. The number of carbonyl (C=O) groups excluding carboxylic acids is 1. The van der Waals surface area contributed by atoms with Crippen LogP contribution in [0.3, 0.4) is 0 Å². The van der Waals surface area contributed by atoms with E-state index in [2.05, 4.69) is 0 Å². The van der Waals surface area contributed by atoms with Gasteiger partial charge in [0.05, 0.1) is 11.2 Å². The molecular weight excluding hydrogens is 288 g/mol. The maximum Gasteiger partial charge on any atom is 0.232 e. The van der Waals surface area contributed by atoms with Crippen molar-refractivity contribution >= 4 is 21.6 Å². The van der Waals surface area contributed by atoms with Gasteiger partial charge in [-0.05, 0) is 30.9 Å². The average molecular weight is 306 g/mol. The molecule has 0 unspecified atom stereocenters. The van der Waals surface area contributed by atoms with E-state index in [9.17, 15) is 13.2 Å². The first-order chi connectivity index (χ1) is 10.1. The van der Waals surface area contributed by atoms with Crippen molar-refractivity contribution in [3.05, 3.63) is 29.8 Å². The monoisotopic (exact) mass is 306 g/mol. The van der Waals surface area contributed by atoms with Crippen LogP contribution in [0.4, 0.5) is 5.69 Å². The van der Waals surface area contributed by atoms with E-state index >= 15 is 0 Å². The fourth-order valence-corrected chi connectivity index (χ4v) is 5.10. The number of carbonyl (C=O) groups is 1. The van der Waals surface area contributed by atoms with E-state index in [-0.39, 0.29) is 17.1 Å². The Hall–Kier alpha value is -1.40. The molecule has 4 rings (SSSR count). The second-order valence-corrected chi connectivity index (χ2v) is 8.34. The van der Waals surface area contributed by atoms with Gasteiger partial charge in [0.1, 0.15) is 0 Å². The van der Waals surface area contributed by atoms with Gasteiger partial charge in [-0.15, -0.1) is 0 Å². The summed E-state index contributed by atoms with van der Waals surface area (Å²) in [6, 6.07) is 7.94. The largest absolute Gasteiger partial charge is 0.311 e. The number of nitrogens with zero attached hydrogens (tertiary/aromatic N) is 2. The first kappa shape index (κ1) is 13.3. The Labute approximate surface area is 124 Å². The van der Waals surface area contributed by atoms with E-state index in [1.54, 1.807) is 0 Å². The first-order valence-electron chi connectivity index (χ1n) is 7.45. The molecule has 1 aliphatic carbocycles. The zero-order valence-corrected chi connectivity index (χ0v) is 12.6. The molecule has 2 aliphatic heterocycles. The molecule has 1 aromatic carbocycles. The number of sulfonamides is 1. The Morgan fingerprint density at radius 1 is 1.14 bits per heavy atom. The highest BCUT2D eigenvalue weighted by Crippen LogP contribution is 2.36. The van der Waals surface area contributed by atoms with Gasteiger partial charge in [0.15, 0.2) is 0 Å². The lowest BCUT2D eigenvalue weighted by atomic mass is 10.0. The number of hydrogen-bond donors (Lipinski definition) is 0. The molecule has 0 atom stereocenters. The summed E-state index contributed by atoms with van der Waals surface area (Å²) in [5, 5.41) is -0.180. The zero-order valence-electron chi connectivity index (χ0n) is 11.7. The molecule has 5 nitrogen and oxygen atoms in total. The van der Waals surface area contributed by atoms with E-state index < -0.39 is 10.0 Å². The van der Waals surface area contributed by atoms with Crippen molar-refractivity contribution in [2.24, 2.45) is 5.92 Å². The molecule has 0 spiro atoms. The molecule has 3 aliphatic rings. The number of para-hydroxylation sites is 1. The van der Waals surface area contributed by atoms with Gasteiger partial charge < -0.3 is 4.90 Å². The van der Waals surface area contributed by atoms with Crippen LogP contribution in [0.15, 0.2) is 24.3 Å². The quantitative estimate of drug-likeness (QED) is 0.837. The second kappa shape index (κ2) is 4.55. The summed E-state index contributed by atoms with van der Waals surface area (Å²) in [6.45, 7) is 1.43. The minimum absolute atomic E-state index is 0.0715. The maximum atomic E-state index is 12.6. The van der Waals surface area contributed by atoms with Gasteiger partial charge in [0.25, 0.3) is 0 Å². The predicted molar refractivity (Wildman–Crippen MR) is 79.5 cm³/mol. The average Bonchev–Trinajstić information content (AvgIpc) is 3.17. The Kier molecular flexibility index (Phi) is 2.87. The van der Waals surface area contributed by atoms with Crippen LogP contribution in [0.25, 0.3) is 0 Å². The molecule has 0 bridgehead atoms. The first-order valence-corrected chi connectivity index (χ1v) is 8.96.